The molecule has 3 heteroatoms. The molecule has 1 aliphatic heterocycles. The van der Waals surface area contributed by atoms with Gasteiger partial charge in [0, 0.05) is 12.3 Å². The SMILES string of the molecule is CCOC1=CC(C)=CNN1. The molecule has 10 heavy (non-hydrogen) atoms. The zero-order valence-electron chi connectivity index (χ0n) is 6.27. The summed E-state index contributed by atoms with van der Waals surface area (Å²) >= 11 is 0. The van der Waals surface area contributed by atoms with Crippen molar-refractivity contribution in [3.63, 3.8) is 0 Å². The van der Waals surface area contributed by atoms with E-state index >= 15 is 0 Å². The van der Waals surface area contributed by atoms with Crippen molar-refractivity contribution in [2.45, 2.75) is 13.8 Å². The summed E-state index contributed by atoms with van der Waals surface area (Å²) in [7, 11) is 0. The van der Waals surface area contributed by atoms with E-state index in [1.54, 1.807) is 0 Å². The van der Waals surface area contributed by atoms with E-state index in [-0.39, 0.29) is 0 Å². The van der Waals surface area contributed by atoms with Crippen LogP contribution in [-0.4, -0.2) is 6.61 Å². The molecule has 2 N–H and O–H groups in total. The molecule has 1 rings (SSSR count). The average Bonchev–Trinajstić information content (AvgIpc) is 1.88. The first-order valence-electron chi connectivity index (χ1n) is 3.35. The van der Waals surface area contributed by atoms with Gasteiger partial charge in [-0.05, 0) is 19.4 Å². The van der Waals surface area contributed by atoms with E-state index < -0.39 is 0 Å². The normalized spacial score (nSPS) is 16.2. The second-order valence-electron chi connectivity index (χ2n) is 2.10. The van der Waals surface area contributed by atoms with E-state index in [9.17, 15) is 0 Å². The zero-order valence-corrected chi connectivity index (χ0v) is 6.27. The molecule has 0 fully saturated rings. The van der Waals surface area contributed by atoms with Crippen LogP contribution >= 0.6 is 0 Å². The Hall–Kier alpha value is -1.12. The number of allylic oxidation sites excluding steroid dienone is 2. The molecule has 0 saturated heterocycles. The van der Waals surface area contributed by atoms with Crippen LogP contribution in [0.3, 0.4) is 0 Å². The van der Waals surface area contributed by atoms with E-state index in [1.165, 1.54) is 0 Å². The third kappa shape index (κ3) is 1.69. The fraction of sp³-hybridized carbons (Fsp3) is 0.429. The molecule has 56 valence electrons. The number of ether oxygens (including phenoxy) is 1. The fourth-order valence-corrected chi connectivity index (χ4v) is 0.739. The number of rotatable bonds is 2. The van der Waals surface area contributed by atoms with Crippen molar-refractivity contribution in [3.8, 4) is 0 Å². The molecule has 3 nitrogen and oxygen atoms in total. The lowest BCUT2D eigenvalue weighted by molar-refractivity contribution is 0.198. The second kappa shape index (κ2) is 3.15. The van der Waals surface area contributed by atoms with Gasteiger partial charge in [0.15, 0.2) is 0 Å². The maximum atomic E-state index is 5.20. The summed E-state index contributed by atoms with van der Waals surface area (Å²) in [5, 5.41) is 0. The summed E-state index contributed by atoms with van der Waals surface area (Å²) in [5.74, 6) is 0.780. The highest BCUT2D eigenvalue weighted by Gasteiger charge is 1.98. The summed E-state index contributed by atoms with van der Waals surface area (Å²) in [6.45, 7) is 4.65. The van der Waals surface area contributed by atoms with Crippen LogP contribution in [0, 0.1) is 0 Å². The van der Waals surface area contributed by atoms with Gasteiger partial charge in [0.05, 0.1) is 6.61 Å². The van der Waals surface area contributed by atoms with E-state index in [4.69, 9.17) is 4.74 Å². The van der Waals surface area contributed by atoms with Gasteiger partial charge in [-0.15, -0.1) is 0 Å². The van der Waals surface area contributed by atoms with Crippen molar-refractivity contribution in [2.75, 3.05) is 6.61 Å². The van der Waals surface area contributed by atoms with Gasteiger partial charge in [-0.1, -0.05) is 0 Å². The van der Waals surface area contributed by atoms with Crippen molar-refractivity contribution < 1.29 is 4.74 Å². The molecule has 0 aromatic rings. The van der Waals surface area contributed by atoms with Gasteiger partial charge in [-0.3, -0.25) is 5.43 Å². The van der Waals surface area contributed by atoms with Crippen LogP contribution in [0.15, 0.2) is 23.7 Å². The molecule has 0 aliphatic carbocycles. The molecule has 0 atom stereocenters. The molecule has 1 heterocycles. The molecule has 0 aromatic heterocycles. The van der Waals surface area contributed by atoms with Gasteiger partial charge in [0.2, 0.25) is 5.88 Å². The third-order valence-electron chi connectivity index (χ3n) is 1.15. The Balaban J connectivity index is 2.51. The van der Waals surface area contributed by atoms with Gasteiger partial charge in [0.1, 0.15) is 0 Å². The molecule has 1 aliphatic rings. The average molecular weight is 140 g/mol. The highest BCUT2D eigenvalue weighted by atomic mass is 16.5. The van der Waals surface area contributed by atoms with Gasteiger partial charge >= 0.3 is 0 Å². The standard InChI is InChI=1S/C7H12N2O/c1-3-10-7-4-6(2)5-8-9-7/h4-5,8-9H,3H2,1-2H3. The summed E-state index contributed by atoms with van der Waals surface area (Å²) in [4.78, 5) is 0. The lowest BCUT2D eigenvalue weighted by Crippen LogP contribution is -2.30. The molecule has 0 amide bonds. The minimum atomic E-state index is 0.688. The molecule has 0 spiro atoms. The van der Waals surface area contributed by atoms with Crippen LogP contribution in [0.1, 0.15) is 13.8 Å². The number of nitrogens with one attached hydrogen (secondary N) is 2. The smallest absolute Gasteiger partial charge is 0.205 e. The predicted molar refractivity (Wildman–Crippen MR) is 39.7 cm³/mol. The second-order valence-corrected chi connectivity index (χ2v) is 2.10. The van der Waals surface area contributed by atoms with Crippen LogP contribution < -0.4 is 10.9 Å². The van der Waals surface area contributed by atoms with Crippen LogP contribution in [0.5, 0.6) is 0 Å². The summed E-state index contributed by atoms with van der Waals surface area (Å²) < 4.78 is 5.20. The maximum absolute atomic E-state index is 5.20. The lowest BCUT2D eigenvalue weighted by Gasteiger charge is -2.15. The maximum Gasteiger partial charge on any atom is 0.205 e. The van der Waals surface area contributed by atoms with Gasteiger partial charge in [-0.2, -0.15) is 0 Å². The fourth-order valence-electron chi connectivity index (χ4n) is 0.739. The summed E-state index contributed by atoms with van der Waals surface area (Å²) in [6.07, 6.45) is 3.82. The van der Waals surface area contributed by atoms with E-state index in [0.29, 0.717) is 6.61 Å². The van der Waals surface area contributed by atoms with Crippen LogP contribution in [-0.2, 0) is 4.74 Å². The minimum Gasteiger partial charge on any atom is -0.478 e. The topological polar surface area (TPSA) is 33.3 Å². The largest absolute Gasteiger partial charge is 0.478 e. The quantitative estimate of drug-likeness (QED) is 0.597. The van der Waals surface area contributed by atoms with Crippen LogP contribution in [0.25, 0.3) is 0 Å². The van der Waals surface area contributed by atoms with Crippen LogP contribution in [0.2, 0.25) is 0 Å². The van der Waals surface area contributed by atoms with Gasteiger partial charge < -0.3 is 10.2 Å². The Morgan fingerprint density at radius 2 is 2.40 bits per heavy atom. The molecule has 0 saturated carbocycles. The van der Waals surface area contributed by atoms with Crippen molar-refractivity contribution in [1.29, 1.82) is 0 Å². The minimum absolute atomic E-state index is 0.688. The van der Waals surface area contributed by atoms with E-state index in [1.807, 2.05) is 26.1 Å². The third-order valence-corrected chi connectivity index (χ3v) is 1.15. The molecule has 0 aromatic carbocycles. The highest BCUT2D eigenvalue weighted by Crippen LogP contribution is 2.02. The van der Waals surface area contributed by atoms with Crippen molar-refractivity contribution >= 4 is 0 Å². The van der Waals surface area contributed by atoms with E-state index in [2.05, 4.69) is 10.9 Å². The summed E-state index contributed by atoms with van der Waals surface area (Å²) in [5.41, 5.74) is 6.88. The molecule has 0 unspecified atom stereocenters. The van der Waals surface area contributed by atoms with Gasteiger partial charge in [-0.25, -0.2) is 0 Å². The molecular weight excluding hydrogens is 128 g/mol. The van der Waals surface area contributed by atoms with Crippen LogP contribution in [0.4, 0.5) is 0 Å². The van der Waals surface area contributed by atoms with E-state index in [0.717, 1.165) is 11.5 Å². The van der Waals surface area contributed by atoms with Gasteiger partial charge in [0.25, 0.3) is 0 Å². The first-order valence-corrected chi connectivity index (χ1v) is 3.35. The number of hydrogen-bond donors (Lipinski definition) is 2. The Labute approximate surface area is 60.7 Å². The predicted octanol–water partition coefficient (Wildman–Crippen LogP) is 0.876. The monoisotopic (exact) mass is 140 g/mol. The molecular formula is C7H12N2O. The summed E-state index contributed by atoms with van der Waals surface area (Å²) in [6, 6.07) is 0. The lowest BCUT2D eigenvalue weighted by atomic mass is 10.3. The first-order chi connectivity index (χ1) is 4.83. The highest BCUT2D eigenvalue weighted by molar-refractivity contribution is 5.20. The number of hydrogen-bond acceptors (Lipinski definition) is 3. The Kier molecular flexibility index (Phi) is 2.20. The first kappa shape index (κ1) is 6.99. The molecule has 0 bridgehead atoms. The Morgan fingerprint density at radius 1 is 1.60 bits per heavy atom. The Morgan fingerprint density at radius 3 is 3.00 bits per heavy atom. The number of hydrazine groups is 1. The molecule has 0 radical (unpaired) electrons. The zero-order chi connectivity index (χ0) is 7.40. The van der Waals surface area contributed by atoms with Crippen molar-refractivity contribution in [3.05, 3.63) is 23.7 Å². The van der Waals surface area contributed by atoms with Crippen molar-refractivity contribution in [2.24, 2.45) is 0 Å². The Bertz CT molecular complexity index is 172. The van der Waals surface area contributed by atoms with Crippen molar-refractivity contribution in [1.82, 2.24) is 10.9 Å².